The van der Waals surface area contributed by atoms with Crippen LogP contribution in [-0.4, -0.2) is 84.9 Å². The summed E-state index contributed by atoms with van der Waals surface area (Å²) >= 11 is 16.3. The number of esters is 2. The summed E-state index contributed by atoms with van der Waals surface area (Å²) in [4.78, 5) is 85.7. The van der Waals surface area contributed by atoms with Gasteiger partial charge in [-0.1, -0.05) is 54.1 Å². The molecule has 1 saturated carbocycles. The van der Waals surface area contributed by atoms with Gasteiger partial charge in [-0.05, 0) is 44.9 Å². The summed E-state index contributed by atoms with van der Waals surface area (Å²) in [5.41, 5.74) is -13.0. The number of phenols is 1. The molecule has 4 aromatic carbocycles. The first-order valence-electron chi connectivity index (χ1n) is 21.0. The minimum Gasteiger partial charge on any atom is -0.502 e. The number of ether oxygens (including phenoxy) is 2. The van der Waals surface area contributed by atoms with E-state index in [1.54, 1.807) is 13.8 Å². The minimum atomic E-state index is -4.95. The molecule has 1 aliphatic carbocycles. The van der Waals surface area contributed by atoms with Gasteiger partial charge in [-0.25, -0.2) is 14.4 Å². The molecule has 0 radical (unpaired) electrons. The predicted molar refractivity (Wildman–Crippen MR) is 247 cm³/mol. The standard InChI is InChI=1S/C17H20ClF3N2O3.C9H5ClF3NO4.C9H6F3NO5.C8H3ClF3NO4/c1-10(2)22(11-6-4-3-5-7-11)16(24)12-8-15(23(25)26)14(18)9-13(12)17(19,20)21;1-18-8(15)4-2-7(14(16)17)6(10)3-5(4)9(11,12)13;1-18-8(15)4-2-6(13(16)17)7(14)3-5(4)9(10,11)12;9-5-2-4(8(10,11)12)3(7(14)15)1-6(5)13(16)17/h8-11H,3-7H2,1-2H3;2-3H,1H3;2-3,14H,1H3;1-2H,(H,14,15). The van der Waals surface area contributed by atoms with Gasteiger partial charge in [0.1, 0.15) is 15.1 Å². The van der Waals surface area contributed by atoms with Crippen molar-refractivity contribution in [3.8, 4) is 5.75 Å². The van der Waals surface area contributed by atoms with Crippen LogP contribution in [0.5, 0.6) is 5.75 Å². The quantitative estimate of drug-likeness (QED) is 0.0645. The molecule has 0 unspecified atom stereocenters. The number of hydrogen-bond acceptors (Lipinski definition) is 15. The van der Waals surface area contributed by atoms with E-state index in [2.05, 4.69) is 9.47 Å². The Morgan fingerprint density at radius 1 is 0.532 bits per heavy atom. The summed E-state index contributed by atoms with van der Waals surface area (Å²) in [5, 5.41) is 58.0. The zero-order valence-corrected chi connectivity index (χ0v) is 42.1. The van der Waals surface area contributed by atoms with Gasteiger partial charge >= 0.3 is 48.3 Å². The molecule has 1 amide bonds. The highest BCUT2D eigenvalue weighted by Crippen LogP contribution is 2.42. The maximum absolute atomic E-state index is 13.4. The lowest BCUT2D eigenvalue weighted by Crippen LogP contribution is -2.46. The van der Waals surface area contributed by atoms with E-state index in [9.17, 15) is 112 Å². The number of nitrogens with zero attached hydrogens (tertiary/aromatic N) is 5. The van der Waals surface area contributed by atoms with Gasteiger partial charge in [0.05, 0.1) is 78.4 Å². The number of nitro groups is 4. The number of amides is 1. The summed E-state index contributed by atoms with van der Waals surface area (Å²) in [7, 11) is 1.70. The van der Waals surface area contributed by atoms with Gasteiger partial charge in [-0.2, -0.15) is 52.7 Å². The molecule has 21 nitrogen and oxygen atoms in total. The Bertz CT molecular complexity index is 2930. The van der Waals surface area contributed by atoms with Crippen LogP contribution in [0.3, 0.4) is 0 Å². The van der Waals surface area contributed by atoms with Gasteiger partial charge in [-0.15, -0.1) is 0 Å². The molecule has 1 fully saturated rings. The second-order valence-corrected chi connectivity index (χ2v) is 17.1. The Labute approximate surface area is 447 Å². The van der Waals surface area contributed by atoms with Crippen LogP contribution in [0, 0.1) is 40.5 Å². The van der Waals surface area contributed by atoms with E-state index < -0.39 is 156 Å². The molecule has 0 spiro atoms. The van der Waals surface area contributed by atoms with E-state index in [0.29, 0.717) is 43.2 Å². The highest BCUT2D eigenvalue weighted by molar-refractivity contribution is 6.33. The molecule has 0 aliphatic heterocycles. The van der Waals surface area contributed by atoms with Crippen molar-refractivity contribution < 1.29 is 111 Å². The van der Waals surface area contributed by atoms with Crippen molar-refractivity contribution in [1.29, 1.82) is 0 Å². The maximum Gasteiger partial charge on any atom is 0.417 e. The molecule has 0 bridgehead atoms. The van der Waals surface area contributed by atoms with Gasteiger partial charge in [0.15, 0.2) is 5.75 Å². The van der Waals surface area contributed by atoms with Crippen LogP contribution in [0.2, 0.25) is 15.1 Å². The van der Waals surface area contributed by atoms with Gasteiger partial charge in [-0.3, -0.25) is 45.3 Å². The fourth-order valence-electron chi connectivity index (χ4n) is 7.00. The molecule has 0 aromatic heterocycles. The fraction of sp³-hybridized carbons (Fsp3) is 0.349. The molecule has 5 rings (SSSR count). The van der Waals surface area contributed by atoms with E-state index in [0.717, 1.165) is 33.5 Å². The molecule has 36 heteroatoms. The number of hydrogen-bond donors (Lipinski definition) is 2. The number of halogens is 15. The van der Waals surface area contributed by atoms with Gasteiger partial charge in [0.2, 0.25) is 0 Å². The molecule has 0 saturated heterocycles. The first kappa shape index (κ1) is 67.3. The zero-order chi connectivity index (χ0) is 61.2. The third-order valence-electron chi connectivity index (χ3n) is 10.4. The SMILES string of the molecule is CC(C)N(C(=O)c1cc([N+](=O)[O-])c(Cl)cc1C(F)(F)F)C1CCCCC1.COC(=O)c1cc([N+](=O)[O-])c(Cl)cc1C(F)(F)F.COC(=O)c1cc([N+](=O)[O-])c(O)cc1C(F)(F)F.O=C(O)c1cc([N+](=O)[O-])c(Cl)cc1C(F)(F)F. The Balaban J connectivity index is 0.000000366. The first-order chi connectivity index (χ1) is 36.0. The van der Waals surface area contributed by atoms with E-state index in [1.165, 1.54) is 4.90 Å². The third kappa shape index (κ3) is 17.6. The number of carboxylic acids is 1. The topological polar surface area (TPSA) is 303 Å². The monoisotopic (exact) mass is 1210 g/mol. The summed E-state index contributed by atoms with van der Waals surface area (Å²) in [5.74, 6) is -6.66. The lowest BCUT2D eigenvalue weighted by molar-refractivity contribution is -0.386. The lowest BCUT2D eigenvalue weighted by atomic mass is 9.92. The molecule has 0 heterocycles. The number of nitro benzene ring substituents is 4. The van der Waals surface area contributed by atoms with Gasteiger partial charge in [0.25, 0.3) is 23.0 Å². The van der Waals surface area contributed by atoms with Crippen molar-refractivity contribution in [2.75, 3.05) is 14.2 Å². The van der Waals surface area contributed by atoms with Crippen molar-refractivity contribution >= 4 is 81.4 Å². The number of aromatic carboxylic acids is 1. The van der Waals surface area contributed by atoms with Crippen LogP contribution < -0.4 is 0 Å². The minimum absolute atomic E-state index is 0.115. The van der Waals surface area contributed by atoms with Crippen LogP contribution in [0.15, 0.2) is 48.5 Å². The van der Waals surface area contributed by atoms with Crippen LogP contribution in [0.1, 0.15) is 110 Å². The number of aromatic hydroxyl groups is 1. The summed E-state index contributed by atoms with van der Waals surface area (Å²) in [6.07, 6.45) is -15.4. The lowest BCUT2D eigenvalue weighted by Gasteiger charge is -2.37. The molecular formula is C43H34Cl3F12N5O16. The van der Waals surface area contributed by atoms with Crippen LogP contribution in [0.25, 0.3) is 0 Å². The normalized spacial score (nSPS) is 12.8. The molecule has 2 N–H and O–H groups in total. The third-order valence-corrected chi connectivity index (χ3v) is 11.3. The zero-order valence-electron chi connectivity index (χ0n) is 39.8. The Hall–Kier alpha value is -7.81. The van der Waals surface area contributed by atoms with Gasteiger partial charge in [0, 0.05) is 42.4 Å². The largest absolute Gasteiger partial charge is 0.502 e. The number of alkyl halides is 12. The van der Waals surface area contributed by atoms with Gasteiger partial charge < -0.3 is 24.6 Å². The average Bonchev–Trinajstić information content (AvgIpc) is 3.32. The Kier molecular flexibility index (Phi) is 22.7. The first-order valence-corrected chi connectivity index (χ1v) is 22.1. The maximum atomic E-state index is 13.4. The smallest absolute Gasteiger partial charge is 0.417 e. The van der Waals surface area contributed by atoms with Crippen molar-refractivity contribution in [1.82, 2.24) is 4.90 Å². The number of benzene rings is 4. The van der Waals surface area contributed by atoms with Crippen molar-refractivity contribution in [3.63, 3.8) is 0 Å². The highest BCUT2D eigenvalue weighted by atomic mass is 35.5. The average molecular weight is 1210 g/mol. The Morgan fingerprint density at radius 2 is 0.823 bits per heavy atom. The predicted octanol–water partition coefficient (Wildman–Crippen LogP) is 13.6. The number of methoxy groups -OCH3 is 2. The molecule has 432 valence electrons. The molecule has 1 aliphatic rings. The number of carbonyl (C=O) groups excluding carboxylic acids is 3. The van der Waals surface area contributed by atoms with Crippen LogP contribution in [0.4, 0.5) is 75.4 Å². The second-order valence-electron chi connectivity index (χ2n) is 15.8. The summed E-state index contributed by atoms with van der Waals surface area (Å²) in [6.45, 7) is 3.45. The van der Waals surface area contributed by atoms with Crippen molar-refractivity contribution in [3.05, 3.63) is 149 Å². The van der Waals surface area contributed by atoms with Crippen molar-refractivity contribution in [2.24, 2.45) is 0 Å². The van der Waals surface area contributed by atoms with E-state index >= 15 is 0 Å². The number of carbonyl (C=O) groups is 4. The number of phenolic OH excluding ortho intramolecular Hbond substituents is 1. The second kappa shape index (κ2) is 26.7. The fourth-order valence-corrected chi connectivity index (χ4v) is 7.70. The van der Waals surface area contributed by atoms with Crippen LogP contribution in [-0.2, 0) is 34.2 Å². The van der Waals surface area contributed by atoms with Crippen LogP contribution >= 0.6 is 34.8 Å². The van der Waals surface area contributed by atoms with E-state index in [4.69, 9.17) is 45.0 Å². The molecule has 0 atom stereocenters. The van der Waals surface area contributed by atoms with Crippen molar-refractivity contribution in [2.45, 2.75) is 82.7 Å². The van der Waals surface area contributed by atoms with E-state index in [-0.39, 0.29) is 30.3 Å². The summed E-state index contributed by atoms with van der Waals surface area (Å²) in [6, 6.07) is 2.32. The molecule has 79 heavy (non-hydrogen) atoms. The number of carboxylic acid groups (broad SMARTS) is 1. The number of rotatable bonds is 10. The van der Waals surface area contributed by atoms with E-state index in [1.807, 2.05) is 0 Å². The summed E-state index contributed by atoms with van der Waals surface area (Å²) < 4.78 is 161. The molecule has 4 aromatic rings. The Morgan fingerprint density at radius 3 is 1.13 bits per heavy atom. The highest BCUT2D eigenvalue weighted by Gasteiger charge is 2.43. The molecular weight excluding hydrogens is 1180 g/mol.